The van der Waals surface area contributed by atoms with Gasteiger partial charge in [0.15, 0.2) is 0 Å². The number of ether oxygens (including phenoxy) is 2. The van der Waals surface area contributed by atoms with E-state index in [0.717, 1.165) is 0 Å². The fraction of sp³-hybridized carbons (Fsp3) is 0.500. The second kappa shape index (κ2) is 9.53. The molecule has 0 unspecified atom stereocenters. The summed E-state index contributed by atoms with van der Waals surface area (Å²) in [6.07, 6.45) is 0.678. The Balaban J connectivity index is 2.28. The van der Waals surface area contributed by atoms with Crippen LogP contribution in [-0.2, 0) is 14.3 Å². The van der Waals surface area contributed by atoms with E-state index in [1.54, 1.807) is 43.3 Å². The third-order valence-corrected chi connectivity index (χ3v) is 4.32. The summed E-state index contributed by atoms with van der Waals surface area (Å²) in [7, 11) is 3.27. The number of likely N-dealkylation sites (N-methyl/N-ethyl adjacent to an activating group) is 1. The van der Waals surface area contributed by atoms with Crippen LogP contribution in [0.25, 0.3) is 5.57 Å². The molecule has 0 saturated heterocycles. The Morgan fingerprint density at radius 2 is 1.81 bits per heavy atom. The first-order valence-electron chi connectivity index (χ1n) is 9.09. The summed E-state index contributed by atoms with van der Waals surface area (Å²) in [5.74, 6) is 0.00453. The molecule has 0 bridgehead atoms. The second-order valence-electron chi connectivity index (χ2n) is 6.63. The molecule has 1 heterocycles. The molecule has 0 aromatic heterocycles. The summed E-state index contributed by atoms with van der Waals surface area (Å²) < 4.78 is 10.7. The van der Waals surface area contributed by atoms with Gasteiger partial charge in [0.25, 0.3) is 11.8 Å². The van der Waals surface area contributed by atoms with Crippen LogP contribution in [-0.4, -0.2) is 73.3 Å². The van der Waals surface area contributed by atoms with E-state index in [9.17, 15) is 14.7 Å². The molecule has 1 aliphatic heterocycles. The number of carbonyl (C=O) groups excluding carboxylic acids is 2. The number of amides is 2. The molecule has 1 aromatic carbocycles. The van der Waals surface area contributed by atoms with Crippen LogP contribution in [0, 0.1) is 0 Å². The highest BCUT2D eigenvalue weighted by Gasteiger charge is 2.40. The molecule has 0 spiro atoms. The van der Waals surface area contributed by atoms with Crippen LogP contribution in [0.1, 0.15) is 25.8 Å². The quantitative estimate of drug-likeness (QED) is 0.493. The fourth-order valence-electron chi connectivity index (χ4n) is 2.94. The molecule has 2 amide bonds. The lowest BCUT2D eigenvalue weighted by atomic mass is 10.0. The summed E-state index contributed by atoms with van der Waals surface area (Å²) in [5.41, 5.74) is 1.31. The van der Waals surface area contributed by atoms with Gasteiger partial charge in [-0.25, -0.2) is 0 Å². The predicted octanol–water partition coefficient (Wildman–Crippen LogP) is 1.51. The second-order valence-corrected chi connectivity index (χ2v) is 6.63. The number of carbonyl (C=O) groups is 2. The van der Waals surface area contributed by atoms with Crippen LogP contribution in [0.4, 0.5) is 0 Å². The smallest absolute Gasteiger partial charge is 0.277 e. The van der Waals surface area contributed by atoms with Crippen LogP contribution in [0.15, 0.2) is 30.0 Å². The lowest BCUT2D eigenvalue weighted by molar-refractivity contribution is -0.137. The standard InChI is InChI=1S/C20H28N2O5/c1-14(2)27-13-5-10-22-19(24)17(15-6-8-16(26-4)9-7-15)18(20(22)25)21(3)11-12-23/h6-9,14,23H,5,10-13H2,1-4H3. The largest absolute Gasteiger partial charge is 0.497 e. The highest BCUT2D eigenvalue weighted by atomic mass is 16.5. The van der Waals surface area contributed by atoms with E-state index in [4.69, 9.17) is 9.47 Å². The van der Waals surface area contributed by atoms with E-state index in [1.807, 2.05) is 13.8 Å². The third-order valence-electron chi connectivity index (χ3n) is 4.32. The molecule has 7 heteroatoms. The number of benzene rings is 1. The van der Waals surface area contributed by atoms with Crippen molar-refractivity contribution in [2.75, 3.05) is 40.5 Å². The molecule has 2 rings (SSSR count). The molecule has 0 saturated carbocycles. The van der Waals surface area contributed by atoms with Crippen LogP contribution in [0.3, 0.4) is 0 Å². The summed E-state index contributed by atoms with van der Waals surface area (Å²) in [6.45, 7) is 4.81. The van der Waals surface area contributed by atoms with E-state index >= 15 is 0 Å². The van der Waals surface area contributed by atoms with Gasteiger partial charge in [0, 0.05) is 26.7 Å². The topological polar surface area (TPSA) is 79.3 Å². The van der Waals surface area contributed by atoms with Crippen molar-refractivity contribution in [2.24, 2.45) is 0 Å². The molecule has 1 aliphatic rings. The Kier molecular flexibility index (Phi) is 7.38. The first kappa shape index (κ1) is 20.9. The Morgan fingerprint density at radius 1 is 1.15 bits per heavy atom. The number of imide groups is 1. The van der Waals surface area contributed by atoms with Crippen LogP contribution in [0.5, 0.6) is 5.75 Å². The van der Waals surface area contributed by atoms with Crippen molar-refractivity contribution in [2.45, 2.75) is 26.4 Å². The van der Waals surface area contributed by atoms with Crippen molar-refractivity contribution >= 4 is 17.4 Å². The predicted molar refractivity (Wildman–Crippen MR) is 102 cm³/mol. The number of nitrogens with zero attached hydrogens (tertiary/aromatic N) is 2. The maximum atomic E-state index is 13.0. The van der Waals surface area contributed by atoms with Crippen molar-refractivity contribution in [3.8, 4) is 5.75 Å². The first-order valence-corrected chi connectivity index (χ1v) is 9.09. The number of rotatable bonds is 10. The average molecular weight is 376 g/mol. The van der Waals surface area contributed by atoms with Gasteiger partial charge in [-0.15, -0.1) is 0 Å². The van der Waals surface area contributed by atoms with Gasteiger partial charge in [0.1, 0.15) is 11.4 Å². The molecule has 148 valence electrons. The van der Waals surface area contributed by atoms with Gasteiger partial charge in [0.2, 0.25) is 0 Å². The van der Waals surface area contributed by atoms with E-state index in [0.29, 0.717) is 42.2 Å². The number of aliphatic hydroxyl groups excluding tert-OH is 1. The van der Waals surface area contributed by atoms with E-state index < -0.39 is 0 Å². The van der Waals surface area contributed by atoms with E-state index in [-0.39, 0.29) is 31.1 Å². The van der Waals surface area contributed by atoms with Crippen LogP contribution < -0.4 is 4.74 Å². The SMILES string of the molecule is COc1ccc(C2=C(N(C)CCO)C(=O)N(CCCOC(C)C)C2=O)cc1. The summed E-state index contributed by atoms with van der Waals surface area (Å²) >= 11 is 0. The highest BCUT2D eigenvalue weighted by Crippen LogP contribution is 2.32. The molecule has 1 aromatic rings. The fourth-order valence-corrected chi connectivity index (χ4v) is 2.94. The molecule has 0 atom stereocenters. The molecular formula is C20H28N2O5. The van der Waals surface area contributed by atoms with Crippen molar-refractivity contribution in [3.05, 3.63) is 35.5 Å². The zero-order valence-corrected chi connectivity index (χ0v) is 16.4. The van der Waals surface area contributed by atoms with Gasteiger partial charge in [-0.2, -0.15) is 0 Å². The van der Waals surface area contributed by atoms with Crippen LogP contribution in [0.2, 0.25) is 0 Å². The average Bonchev–Trinajstić information content (AvgIpc) is 2.89. The van der Waals surface area contributed by atoms with E-state index in [1.165, 1.54) is 4.90 Å². The Labute approximate surface area is 160 Å². The van der Waals surface area contributed by atoms with Gasteiger partial charge < -0.3 is 19.5 Å². The van der Waals surface area contributed by atoms with Crippen molar-refractivity contribution in [3.63, 3.8) is 0 Å². The van der Waals surface area contributed by atoms with Gasteiger partial charge in [0.05, 0.1) is 25.4 Å². The maximum absolute atomic E-state index is 13.0. The van der Waals surface area contributed by atoms with Crippen molar-refractivity contribution in [1.82, 2.24) is 9.80 Å². The number of hydrogen-bond acceptors (Lipinski definition) is 6. The van der Waals surface area contributed by atoms with Gasteiger partial charge >= 0.3 is 0 Å². The minimum Gasteiger partial charge on any atom is -0.497 e. The maximum Gasteiger partial charge on any atom is 0.277 e. The normalized spacial score (nSPS) is 14.5. The summed E-state index contributed by atoms with van der Waals surface area (Å²) in [6, 6.07) is 7.03. The first-order chi connectivity index (χ1) is 12.9. The van der Waals surface area contributed by atoms with Crippen LogP contribution >= 0.6 is 0 Å². The Bertz CT molecular complexity index is 697. The molecule has 27 heavy (non-hydrogen) atoms. The minimum atomic E-state index is -0.341. The lowest BCUT2D eigenvalue weighted by Crippen LogP contribution is -2.36. The monoisotopic (exact) mass is 376 g/mol. The summed E-state index contributed by atoms with van der Waals surface area (Å²) in [5, 5.41) is 9.26. The lowest BCUT2D eigenvalue weighted by Gasteiger charge is -2.20. The molecular weight excluding hydrogens is 348 g/mol. The number of aliphatic hydroxyl groups is 1. The number of hydrogen-bond donors (Lipinski definition) is 1. The molecule has 0 fully saturated rings. The zero-order chi connectivity index (χ0) is 20.0. The van der Waals surface area contributed by atoms with Gasteiger partial charge in [-0.3, -0.25) is 14.5 Å². The Morgan fingerprint density at radius 3 is 2.37 bits per heavy atom. The third kappa shape index (κ3) is 4.87. The molecule has 0 aliphatic carbocycles. The molecule has 7 nitrogen and oxygen atoms in total. The minimum absolute atomic E-state index is 0.106. The zero-order valence-electron chi connectivity index (χ0n) is 16.4. The van der Waals surface area contributed by atoms with E-state index in [2.05, 4.69) is 0 Å². The van der Waals surface area contributed by atoms with Gasteiger partial charge in [-0.1, -0.05) is 12.1 Å². The molecule has 1 N–H and O–H groups in total. The van der Waals surface area contributed by atoms with Gasteiger partial charge in [-0.05, 0) is 38.0 Å². The molecule has 0 radical (unpaired) electrons. The van der Waals surface area contributed by atoms with Crippen molar-refractivity contribution in [1.29, 1.82) is 0 Å². The highest BCUT2D eigenvalue weighted by molar-refractivity contribution is 6.35. The summed E-state index contributed by atoms with van der Waals surface area (Å²) in [4.78, 5) is 28.8. The Hall–Kier alpha value is -2.38. The van der Waals surface area contributed by atoms with Crippen molar-refractivity contribution < 1.29 is 24.2 Å². The number of methoxy groups -OCH3 is 1.